The van der Waals surface area contributed by atoms with E-state index in [4.69, 9.17) is 0 Å². The fourth-order valence-electron chi connectivity index (χ4n) is 4.31. The van der Waals surface area contributed by atoms with Gasteiger partial charge in [-0.15, -0.1) is 0 Å². The topological polar surface area (TPSA) is 35.6 Å². The summed E-state index contributed by atoms with van der Waals surface area (Å²) in [5.74, 6) is 1.73. The molecule has 4 aliphatic heterocycles. The molecule has 0 radical (unpaired) electrons. The third-order valence-corrected chi connectivity index (χ3v) is 5.84. The summed E-state index contributed by atoms with van der Waals surface area (Å²) >= 11 is 0. The lowest BCUT2D eigenvalue weighted by atomic mass is 9.83. The minimum absolute atomic E-state index is 0.390. The summed E-state index contributed by atoms with van der Waals surface area (Å²) in [6.07, 6.45) is 7.35. The molecule has 4 heteroatoms. The van der Waals surface area contributed by atoms with Crippen molar-refractivity contribution >= 4 is 5.91 Å². The number of fused-ring (bicyclic) bond motifs is 3. The first-order valence-corrected chi connectivity index (χ1v) is 8.57. The molecule has 1 atom stereocenters. The number of carbonyl (C=O) groups excluding carboxylic acids is 1. The summed E-state index contributed by atoms with van der Waals surface area (Å²) in [5, 5.41) is 3.91. The number of rotatable bonds is 3. The van der Waals surface area contributed by atoms with Crippen molar-refractivity contribution < 1.29 is 4.79 Å². The lowest BCUT2D eigenvalue weighted by Crippen LogP contribution is -2.59. The number of hydrogen-bond acceptors (Lipinski definition) is 3. The van der Waals surface area contributed by atoms with Crippen molar-refractivity contribution in [1.82, 2.24) is 15.1 Å². The molecular weight excluding hydrogens is 250 g/mol. The maximum absolute atomic E-state index is 12.1. The third-order valence-electron chi connectivity index (χ3n) is 5.84. The molecule has 0 aromatic rings. The second kappa shape index (κ2) is 5.30. The second-order valence-electron chi connectivity index (χ2n) is 7.29. The number of likely N-dealkylation sites (tertiary alicyclic amines) is 1. The molecule has 4 nitrogen and oxygen atoms in total. The number of nitrogens with zero attached hydrogens (tertiary/aromatic N) is 2. The molecule has 1 amide bonds. The van der Waals surface area contributed by atoms with E-state index in [1.54, 1.807) is 0 Å². The Kier molecular flexibility index (Phi) is 3.47. The lowest BCUT2D eigenvalue weighted by Gasteiger charge is -2.47. The first kappa shape index (κ1) is 13.1. The van der Waals surface area contributed by atoms with Gasteiger partial charge in [0.05, 0.1) is 0 Å². The van der Waals surface area contributed by atoms with Crippen molar-refractivity contribution in [1.29, 1.82) is 0 Å². The van der Waals surface area contributed by atoms with Crippen LogP contribution in [0.25, 0.3) is 0 Å². The molecule has 5 fully saturated rings. The van der Waals surface area contributed by atoms with Gasteiger partial charge in [0, 0.05) is 37.6 Å². The summed E-state index contributed by atoms with van der Waals surface area (Å²) in [6.45, 7) is 5.85. The van der Waals surface area contributed by atoms with E-state index < -0.39 is 0 Å². The Hall–Kier alpha value is -0.610. The highest BCUT2D eigenvalue weighted by molar-refractivity contribution is 5.81. The summed E-state index contributed by atoms with van der Waals surface area (Å²) in [6, 6.07) is 1.36. The predicted octanol–water partition coefficient (Wildman–Crippen LogP) is 1.07. The maximum atomic E-state index is 12.1. The quantitative estimate of drug-likeness (QED) is 0.838. The number of nitrogens with one attached hydrogen (secondary N) is 1. The summed E-state index contributed by atoms with van der Waals surface area (Å²) in [7, 11) is 0. The van der Waals surface area contributed by atoms with Crippen molar-refractivity contribution in [2.75, 3.05) is 32.7 Å². The Balaban J connectivity index is 1.26. The Bertz CT molecular complexity index is 366. The van der Waals surface area contributed by atoms with Gasteiger partial charge >= 0.3 is 0 Å². The van der Waals surface area contributed by atoms with Crippen LogP contribution in [0.15, 0.2) is 0 Å². The first-order valence-electron chi connectivity index (χ1n) is 8.57. The highest BCUT2D eigenvalue weighted by Gasteiger charge is 2.37. The van der Waals surface area contributed by atoms with E-state index in [0.717, 1.165) is 44.7 Å². The van der Waals surface area contributed by atoms with Crippen LogP contribution in [0.3, 0.4) is 0 Å². The van der Waals surface area contributed by atoms with Gasteiger partial charge in [0.2, 0.25) is 5.91 Å². The van der Waals surface area contributed by atoms with Crippen LogP contribution in [0.5, 0.6) is 0 Å². The van der Waals surface area contributed by atoms with Crippen LogP contribution in [-0.2, 0) is 4.79 Å². The molecule has 1 aliphatic carbocycles. The molecule has 4 heterocycles. The molecule has 5 rings (SSSR count). The van der Waals surface area contributed by atoms with Crippen molar-refractivity contribution in [2.45, 2.75) is 50.6 Å². The predicted molar refractivity (Wildman–Crippen MR) is 78.4 cm³/mol. The van der Waals surface area contributed by atoms with Crippen LogP contribution in [0.1, 0.15) is 38.5 Å². The average Bonchev–Trinajstić information content (AvgIpc) is 3.33. The Morgan fingerprint density at radius 1 is 0.900 bits per heavy atom. The molecule has 4 saturated heterocycles. The number of piperidine rings is 4. The fraction of sp³-hybridized carbons (Fsp3) is 0.938. The van der Waals surface area contributed by atoms with Crippen LogP contribution in [0.4, 0.5) is 0 Å². The van der Waals surface area contributed by atoms with E-state index in [9.17, 15) is 4.79 Å². The molecule has 0 spiro atoms. The Morgan fingerprint density at radius 2 is 1.60 bits per heavy atom. The third kappa shape index (κ3) is 2.60. The number of amides is 1. The van der Waals surface area contributed by atoms with E-state index in [1.807, 2.05) is 0 Å². The largest absolute Gasteiger partial charge is 0.342 e. The second-order valence-corrected chi connectivity index (χ2v) is 7.29. The molecule has 1 unspecified atom stereocenters. The van der Waals surface area contributed by atoms with Gasteiger partial charge in [-0.25, -0.2) is 0 Å². The van der Waals surface area contributed by atoms with E-state index in [2.05, 4.69) is 15.1 Å². The van der Waals surface area contributed by atoms with E-state index in [-0.39, 0.29) is 0 Å². The Morgan fingerprint density at radius 3 is 2.15 bits per heavy atom. The molecule has 0 aromatic carbocycles. The molecule has 5 aliphatic rings. The van der Waals surface area contributed by atoms with Gasteiger partial charge in [0.25, 0.3) is 0 Å². The van der Waals surface area contributed by atoms with Crippen molar-refractivity contribution in [3.63, 3.8) is 0 Å². The van der Waals surface area contributed by atoms with Crippen LogP contribution < -0.4 is 5.32 Å². The monoisotopic (exact) mass is 277 g/mol. The van der Waals surface area contributed by atoms with Crippen LogP contribution in [0, 0.1) is 11.8 Å². The summed E-state index contributed by atoms with van der Waals surface area (Å²) in [4.78, 5) is 16.8. The van der Waals surface area contributed by atoms with Crippen molar-refractivity contribution in [2.24, 2.45) is 11.8 Å². The standard InChI is InChI=1S/C16H27N3O/c20-16(13-1-2-13)19-9-5-14(6-10-19)17-15-11-18-7-3-12(15)4-8-18/h12-15,17H,1-11H2. The van der Waals surface area contributed by atoms with Crippen LogP contribution in [0.2, 0.25) is 0 Å². The highest BCUT2D eigenvalue weighted by Crippen LogP contribution is 2.32. The smallest absolute Gasteiger partial charge is 0.225 e. The highest BCUT2D eigenvalue weighted by atomic mass is 16.2. The van der Waals surface area contributed by atoms with E-state index >= 15 is 0 Å². The molecule has 20 heavy (non-hydrogen) atoms. The first-order chi connectivity index (χ1) is 9.79. The minimum Gasteiger partial charge on any atom is -0.342 e. The van der Waals surface area contributed by atoms with Gasteiger partial charge in [-0.3, -0.25) is 4.79 Å². The van der Waals surface area contributed by atoms with Gasteiger partial charge in [-0.2, -0.15) is 0 Å². The van der Waals surface area contributed by atoms with Gasteiger partial charge in [0.15, 0.2) is 0 Å². The number of carbonyl (C=O) groups is 1. The summed E-state index contributed by atoms with van der Waals surface area (Å²) in [5.41, 5.74) is 0. The van der Waals surface area contributed by atoms with Gasteiger partial charge in [0.1, 0.15) is 0 Å². The van der Waals surface area contributed by atoms with E-state index in [0.29, 0.717) is 23.9 Å². The van der Waals surface area contributed by atoms with Crippen molar-refractivity contribution in [3.05, 3.63) is 0 Å². The maximum Gasteiger partial charge on any atom is 0.225 e. The SMILES string of the molecule is O=C(C1CC1)N1CCC(NC2CN3CCC2CC3)CC1. The van der Waals surface area contributed by atoms with Crippen molar-refractivity contribution in [3.8, 4) is 0 Å². The van der Waals surface area contributed by atoms with Crippen LogP contribution in [-0.4, -0.2) is 60.5 Å². The lowest BCUT2D eigenvalue weighted by molar-refractivity contribution is -0.133. The Labute approximate surface area is 121 Å². The molecular formula is C16H27N3O. The zero-order valence-electron chi connectivity index (χ0n) is 12.4. The van der Waals surface area contributed by atoms with Gasteiger partial charge < -0.3 is 15.1 Å². The van der Waals surface area contributed by atoms with Gasteiger partial charge in [-0.05, 0) is 57.5 Å². The van der Waals surface area contributed by atoms with Gasteiger partial charge in [-0.1, -0.05) is 0 Å². The van der Waals surface area contributed by atoms with E-state index in [1.165, 1.54) is 32.5 Å². The number of hydrogen-bond donors (Lipinski definition) is 1. The molecule has 1 N–H and O–H groups in total. The minimum atomic E-state index is 0.390. The average molecular weight is 277 g/mol. The fourth-order valence-corrected chi connectivity index (χ4v) is 4.31. The molecule has 2 bridgehead atoms. The van der Waals surface area contributed by atoms with Crippen LogP contribution >= 0.6 is 0 Å². The normalized spacial score (nSPS) is 38.2. The molecule has 112 valence electrons. The molecule has 1 saturated carbocycles. The molecule has 0 aromatic heterocycles. The summed E-state index contributed by atoms with van der Waals surface area (Å²) < 4.78 is 0. The zero-order valence-corrected chi connectivity index (χ0v) is 12.4. The zero-order chi connectivity index (χ0) is 13.5.